The van der Waals surface area contributed by atoms with Crippen LogP contribution in [0.25, 0.3) is 0 Å². The minimum absolute atomic E-state index is 0.000742. The van der Waals surface area contributed by atoms with Crippen LogP contribution in [-0.4, -0.2) is 49.4 Å². The third-order valence-electron chi connectivity index (χ3n) is 6.93. The second-order valence-corrected chi connectivity index (χ2v) is 11.0. The number of carbonyl (C=O) groups is 2. The number of hydrogen-bond donors (Lipinski definition) is 1. The number of para-hydroxylation sites is 2. The van der Waals surface area contributed by atoms with Crippen LogP contribution >= 0.6 is 23.2 Å². The van der Waals surface area contributed by atoms with E-state index in [1.807, 2.05) is 46.2 Å². The molecule has 1 unspecified atom stereocenters. The van der Waals surface area contributed by atoms with Crippen molar-refractivity contribution in [3.05, 3.63) is 69.3 Å². The highest BCUT2D eigenvalue weighted by Gasteiger charge is 2.42. The highest BCUT2D eigenvalue weighted by atomic mass is 35.5. The summed E-state index contributed by atoms with van der Waals surface area (Å²) in [4.78, 5) is 31.1. The molecule has 2 aromatic carbocycles. The fourth-order valence-corrected chi connectivity index (χ4v) is 5.62. The van der Waals surface area contributed by atoms with Gasteiger partial charge in [-0.1, -0.05) is 55.2 Å². The van der Waals surface area contributed by atoms with Gasteiger partial charge in [-0.3, -0.25) is 9.59 Å². The van der Waals surface area contributed by atoms with E-state index in [-0.39, 0.29) is 23.7 Å². The van der Waals surface area contributed by atoms with Crippen LogP contribution < -0.4 is 10.2 Å². The molecule has 2 aromatic rings. The molecule has 1 saturated heterocycles. The van der Waals surface area contributed by atoms with Crippen LogP contribution in [0.5, 0.6) is 0 Å². The number of morpholine rings is 1. The lowest BCUT2D eigenvalue weighted by molar-refractivity contribution is -0.133. The normalized spacial score (nSPS) is 21.7. The summed E-state index contributed by atoms with van der Waals surface area (Å²) in [5, 5.41) is 4.43. The Labute approximate surface area is 215 Å². The standard InChI is InChI=1S/C27H29Cl2N3O3/c1-27(2)14-21-25(23(33)15-27)26(17-7-8-18(28)19(29)13-17)32(22-6-4-3-5-20(22)30-21)16-24(34)31-9-11-35-12-10-31/h3-8,13,26,30H,9-12,14-16H2,1-2H3. The SMILES string of the molecule is CC1(C)CC(=O)C2=C(C1)Nc1ccccc1N(CC(=O)N1CCOCC1)C2c1ccc(Cl)c(Cl)c1. The summed E-state index contributed by atoms with van der Waals surface area (Å²) in [6.07, 6.45) is 1.17. The number of ketones is 1. The lowest BCUT2D eigenvalue weighted by atomic mass is 9.73. The maximum absolute atomic E-state index is 13.7. The maximum atomic E-state index is 13.7. The zero-order valence-electron chi connectivity index (χ0n) is 19.9. The van der Waals surface area contributed by atoms with Gasteiger partial charge in [0.15, 0.2) is 5.78 Å². The van der Waals surface area contributed by atoms with Crippen LogP contribution in [0.15, 0.2) is 53.7 Å². The second-order valence-electron chi connectivity index (χ2n) is 10.2. The number of benzene rings is 2. The van der Waals surface area contributed by atoms with Crippen molar-refractivity contribution in [3.63, 3.8) is 0 Å². The van der Waals surface area contributed by atoms with Gasteiger partial charge in [0.25, 0.3) is 0 Å². The van der Waals surface area contributed by atoms with E-state index in [1.54, 1.807) is 6.07 Å². The number of rotatable bonds is 3. The molecule has 0 radical (unpaired) electrons. The molecular formula is C27H29Cl2N3O3. The van der Waals surface area contributed by atoms with Gasteiger partial charge in [-0.05, 0) is 41.7 Å². The maximum Gasteiger partial charge on any atom is 0.242 e. The zero-order valence-corrected chi connectivity index (χ0v) is 21.5. The minimum atomic E-state index is -0.482. The summed E-state index contributed by atoms with van der Waals surface area (Å²) in [5.74, 6) is 0.0808. The van der Waals surface area contributed by atoms with E-state index >= 15 is 0 Å². The van der Waals surface area contributed by atoms with E-state index in [0.717, 1.165) is 29.1 Å². The van der Waals surface area contributed by atoms with Crippen molar-refractivity contribution in [2.75, 3.05) is 43.1 Å². The summed E-state index contributed by atoms with van der Waals surface area (Å²) in [6.45, 7) is 6.53. The molecule has 0 saturated carbocycles. The van der Waals surface area contributed by atoms with E-state index in [9.17, 15) is 9.59 Å². The van der Waals surface area contributed by atoms with E-state index in [2.05, 4.69) is 19.2 Å². The molecule has 1 N–H and O–H groups in total. The van der Waals surface area contributed by atoms with Crippen LogP contribution in [-0.2, 0) is 14.3 Å². The topological polar surface area (TPSA) is 61.9 Å². The molecule has 35 heavy (non-hydrogen) atoms. The van der Waals surface area contributed by atoms with Crippen molar-refractivity contribution < 1.29 is 14.3 Å². The van der Waals surface area contributed by atoms with Gasteiger partial charge in [0.2, 0.25) is 5.91 Å². The van der Waals surface area contributed by atoms with Crippen molar-refractivity contribution in [2.24, 2.45) is 5.41 Å². The van der Waals surface area contributed by atoms with Crippen molar-refractivity contribution >= 4 is 46.3 Å². The van der Waals surface area contributed by atoms with Gasteiger partial charge in [-0.2, -0.15) is 0 Å². The Bertz CT molecular complexity index is 1200. The van der Waals surface area contributed by atoms with Crippen molar-refractivity contribution in [1.82, 2.24) is 4.90 Å². The Balaban J connectivity index is 1.68. The predicted molar refractivity (Wildman–Crippen MR) is 139 cm³/mol. The number of nitrogens with zero attached hydrogens (tertiary/aromatic N) is 2. The molecular weight excluding hydrogens is 485 g/mol. The number of amides is 1. The van der Waals surface area contributed by atoms with Crippen LogP contribution in [0.3, 0.4) is 0 Å². The van der Waals surface area contributed by atoms with Gasteiger partial charge in [0, 0.05) is 30.8 Å². The van der Waals surface area contributed by atoms with Crippen molar-refractivity contribution in [2.45, 2.75) is 32.7 Å². The Kier molecular flexibility index (Phi) is 6.55. The van der Waals surface area contributed by atoms with Crippen LogP contribution in [0, 0.1) is 5.41 Å². The highest BCUT2D eigenvalue weighted by molar-refractivity contribution is 6.42. The third kappa shape index (κ3) is 4.80. The lowest BCUT2D eigenvalue weighted by Crippen LogP contribution is -2.47. The lowest BCUT2D eigenvalue weighted by Gasteiger charge is -2.39. The summed E-state index contributed by atoms with van der Waals surface area (Å²) < 4.78 is 5.44. The number of ether oxygens (including phenoxy) is 1. The molecule has 0 aromatic heterocycles. The molecule has 2 heterocycles. The molecule has 2 aliphatic heterocycles. The molecule has 3 aliphatic rings. The van der Waals surface area contributed by atoms with Gasteiger partial charge in [0.1, 0.15) is 0 Å². The third-order valence-corrected chi connectivity index (χ3v) is 7.67. The summed E-state index contributed by atoms with van der Waals surface area (Å²) in [7, 11) is 0. The fourth-order valence-electron chi connectivity index (χ4n) is 5.31. The molecule has 1 fully saturated rings. The van der Waals surface area contributed by atoms with Gasteiger partial charge < -0.3 is 19.9 Å². The van der Waals surface area contributed by atoms with E-state index in [1.165, 1.54) is 0 Å². The monoisotopic (exact) mass is 513 g/mol. The molecule has 6 nitrogen and oxygen atoms in total. The minimum Gasteiger partial charge on any atom is -0.378 e. The van der Waals surface area contributed by atoms with Gasteiger partial charge in [-0.15, -0.1) is 0 Å². The van der Waals surface area contributed by atoms with Gasteiger partial charge in [-0.25, -0.2) is 0 Å². The van der Waals surface area contributed by atoms with Crippen molar-refractivity contribution in [3.8, 4) is 0 Å². The van der Waals surface area contributed by atoms with Crippen molar-refractivity contribution in [1.29, 1.82) is 0 Å². The average molecular weight is 514 g/mol. The Morgan fingerprint density at radius 2 is 1.83 bits per heavy atom. The Morgan fingerprint density at radius 3 is 2.57 bits per heavy atom. The van der Waals surface area contributed by atoms with E-state index < -0.39 is 6.04 Å². The number of carbonyl (C=O) groups excluding carboxylic acids is 2. The van der Waals surface area contributed by atoms with Gasteiger partial charge in [0.05, 0.1) is 47.2 Å². The number of hydrogen-bond acceptors (Lipinski definition) is 5. The largest absolute Gasteiger partial charge is 0.378 e. The highest BCUT2D eigenvalue weighted by Crippen LogP contribution is 2.48. The average Bonchev–Trinajstić information content (AvgIpc) is 2.95. The molecule has 5 rings (SSSR count). The van der Waals surface area contributed by atoms with Crippen LogP contribution in [0.2, 0.25) is 10.0 Å². The first kappa shape index (κ1) is 24.2. The zero-order chi connectivity index (χ0) is 24.7. The number of fused-ring (bicyclic) bond motifs is 1. The quantitative estimate of drug-likeness (QED) is 0.589. The smallest absolute Gasteiger partial charge is 0.242 e. The molecule has 184 valence electrons. The molecule has 0 bridgehead atoms. The van der Waals surface area contributed by atoms with E-state index in [4.69, 9.17) is 27.9 Å². The molecule has 8 heteroatoms. The van der Waals surface area contributed by atoms with Gasteiger partial charge >= 0.3 is 0 Å². The molecule has 1 atom stereocenters. The second kappa shape index (κ2) is 9.49. The Morgan fingerprint density at radius 1 is 1.09 bits per heavy atom. The van der Waals surface area contributed by atoms with Crippen LogP contribution in [0.4, 0.5) is 11.4 Å². The first-order valence-corrected chi connectivity index (χ1v) is 12.7. The Hall–Kier alpha value is -2.54. The molecule has 0 spiro atoms. The summed E-state index contributed by atoms with van der Waals surface area (Å²) >= 11 is 12.7. The molecule has 1 amide bonds. The summed E-state index contributed by atoms with van der Waals surface area (Å²) in [6, 6.07) is 12.9. The fraction of sp³-hybridized carbons (Fsp3) is 0.407. The number of nitrogens with one attached hydrogen (secondary N) is 1. The number of allylic oxidation sites excluding steroid dienone is 1. The predicted octanol–water partition coefficient (Wildman–Crippen LogP) is 5.47. The first-order chi connectivity index (χ1) is 16.7. The summed E-state index contributed by atoms with van der Waals surface area (Å²) in [5.41, 5.74) is 3.99. The van der Waals surface area contributed by atoms with Crippen LogP contribution in [0.1, 0.15) is 38.3 Å². The number of Topliss-reactive ketones (excluding diaryl/α,β-unsaturated/α-hetero) is 1. The molecule has 1 aliphatic carbocycles. The number of halogens is 2. The van der Waals surface area contributed by atoms with E-state index in [0.29, 0.717) is 48.3 Å². The number of anilines is 2. The first-order valence-electron chi connectivity index (χ1n) is 11.9.